The van der Waals surface area contributed by atoms with Gasteiger partial charge in [-0.25, -0.2) is 0 Å². The Morgan fingerprint density at radius 2 is 2.05 bits per heavy atom. The number of para-hydroxylation sites is 1. The van der Waals surface area contributed by atoms with Gasteiger partial charge in [0, 0.05) is 13.5 Å². The molecule has 0 fully saturated rings. The van der Waals surface area contributed by atoms with Crippen molar-refractivity contribution in [2.24, 2.45) is 0 Å². The molecule has 1 aromatic heterocycles. The lowest BCUT2D eigenvalue weighted by molar-refractivity contribution is 0.00547. The molecule has 2 aromatic rings. The van der Waals surface area contributed by atoms with Crippen molar-refractivity contribution in [3.05, 3.63) is 30.0 Å². The molecule has 0 N–H and O–H groups in total. The van der Waals surface area contributed by atoms with Crippen molar-refractivity contribution in [2.75, 3.05) is 13.7 Å². The molecule has 0 aliphatic heterocycles. The zero-order chi connectivity index (χ0) is 13.9. The highest BCUT2D eigenvalue weighted by atomic mass is 16.5. The SMILES string of the molecule is COC(C)(C)CCOc1c(C#N)oc2ccccc12. The molecule has 19 heavy (non-hydrogen) atoms. The van der Waals surface area contributed by atoms with E-state index in [2.05, 4.69) is 0 Å². The minimum atomic E-state index is -0.244. The standard InChI is InChI=1S/C15H17NO3/c1-15(2,17-3)8-9-18-14-11-6-4-5-7-12(11)19-13(14)10-16/h4-7H,8-9H2,1-3H3. The Hall–Kier alpha value is -1.99. The number of hydrogen-bond donors (Lipinski definition) is 0. The summed E-state index contributed by atoms with van der Waals surface area (Å²) in [6, 6.07) is 9.49. The molecule has 0 saturated carbocycles. The van der Waals surface area contributed by atoms with Crippen molar-refractivity contribution < 1.29 is 13.9 Å². The molecule has 0 atom stereocenters. The Bertz CT molecular complexity index is 607. The minimum Gasteiger partial charge on any atom is -0.488 e. The third-order valence-electron chi connectivity index (χ3n) is 3.15. The van der Waals surface area contributed by atoms with Gasteiger partial charge in [0.05, 0.1) is 17.6 Å². The van der Waals surface area contributed by atoms with Gasteiger partial charge in [0.2, 0.25) is 5.76 Å². The Labute approximate surface area is 112 Å². The zero-order valence-electron chi connectivity index (χ0n) is 11.4. The molecule has 4 heteroatoms. The number of benzene rings is 1. The van der Waals surface area contributed by atoms with Crippen LogP contribution in [0.1, 0.15) is 26.0 Å². The van der Waals surface area contributed by atoms with Crippen LogP contribution in [-0.4, -0.2) is 19.3 Å². The van der Waals surface area contributed by atoms with Crippen molar-refractivity contribution in [3.8, 4) is 11.8 Å². The van der Waals surface area contributed by atoms with E-state index in [1.807, 2.05) is 44.2 Å². The fourth-order valence-corrected chi connectivity index (χ4v) is 1.74. The van der Waals surface area contributed by atoms with Gasteiger partial charge in [0.25, 0.3) is 0 Å². The second kappa shape index (κ2) is 5.33. The van der Waals surface area contributed by atoms with Crippen molar-refractivity contribution in [1.29, 1.82) is 5.26 Å². The van der Waals surface area contributed by atoms with Gasteiger partial charge in [-0.1, -0.05) is 12.1 Å². The average Bonchev–Trinajstić information content (AvgIpc) is 2.77. The Morgan fingerprint density at radius 1 is 1.32 bits per heavy atom. The zero-order valence-corrected chi connectivity index (χ0v) is 11.4. The van der Waals surface area contributed by atoms with E-state index in [1.165, 1.54) is 0 Å². The molecular weight excluding hydrogens is 242 g/mol. The predicted octanol–water partition coefficient (Wildman–Crippen LogP) is 3.50. The summed E-state index contributed by atoms with van der Waals surface area (Å²) < 4.78 is 16.5. The van der Waals surface area contributed by atoms with Gasteiger partial charge in [-0.05, 0) is 26.0 Å². The molecule has 1 aromatic carbocycles. The molecule has 0 radical (unpaired) electrons. The molecule has 0 saturated heterocycles. The number of ether oxygens (including phenoxy) is 2. The topological polar surface area (TPSA) is 55.4 Å². The maximum atomic E-state index is 9.08. The highest BCUT2D eigenvalue weighted by molar-refractivity contribution is 5.86. The minimum absolute atomic E-state index is 0.219. The van der Waals surface area contributed by atoms with Gasteiger partial charge in [0.1, 0.15) is 11.7 Å². The van der Waals surface area contributed by atoms with E-state index in [1.54, 1.807) is 7.11 Å². The fraction of sp³-hybridized carbons (Fsp3) is 0.400. The van der Waals surface area contributed by atoms with Gasteiger partial charge in [-0.3, -0.25) is 0 Å². The Morgan fingerprint density at radius 3 is 2.74 bits per heavy atom. The first-order chi connectivity index (χ1) is 9.07. The summed E-state index contributed by atoms with van der Waals surface area (Å²) in [5.41, 5.74) is 0.423. The summed E-state index contributed by atoms with van der Waals surface area (Å²) >= 11 is 0. The van der Waals surface area contributed by atoms with Gasteiger partial charge >= 0.3 is 0 Å². The lowest BCUT2D eigenvalue weighted by Gasteiger charge is -2.22. The molecular formula is C15H17NO3. The summed E-state index contributed by atoms with van der Waals surface area (Å²) in [4.78, 5) is 0. The fourth-order valence-electron chi connectivity index (χ4n) is 1.74. The Balaban J connectivity index is 2.18. The van der Waals surface area contributed by atoms with Crippen molar-refractivity contribution >= 4 is 11.0 Å². The largest absolute Gasteiger partial charge is 0.488 e. The van der Waals surface area contributed by atoms with Crippen LogP contribution in [0.3, 0.4) is 0 Å². The molecule has 0 bridgehead atoms. The average molecular weight is 259 g/mol. The van der Waals surface area contributed by atoms with Crippen LogP contribution in [0.25, 0.3) is 11.0 Å². The van der Waals surface area contributed by atoms with Crippen LogP contribution >= 0.6 is 0 Å². The van der Waals surface area contributed by atoms with E-state index in [-0.39, 0.29) is 11.4 Å². The maximum Gasteiger partial charge on any atom is 0.246 e. The summed E-state index contributed by atoms with van der Waals surface area (Å²) in [6.07, 6.45) is 0.730. The van der Waals surface area contributed by atoms with E-state index in [0.29, 0.717) is 17.9 Å². The first-order valence-corrected chi connectivity index (χ1v) is 6.17. The quantitative estimate of drug-likeness (QED) is 0.824. The smallest absolute Gasteiger partial charge is 0.246 e. The van der Waals surface area contributed by atoms with E-state index >= 15 is 0 Å². The molecule has 0 spiro atoms. The van der Waals surface area contributed by atoms with Crippen molar-refractivity contribution in [2.45, 2.75) is 25.9 Å². The molecule has 0 unspecified atom stereocenters. The number of hydrogen-bond acceptors (Lipinski definition) is 4. The molecule has 0 aliphatic carbocycles. The van der Waals surface area contributed by atoms with Crippen LogP contribution in [0.15, 0.2) is 28.7 Å². The lowest BCUT2D eigenvalue weighted by Crippen LogP contribution is -2.25. The number of rotatable bonds is 5. The van der Waals surface area contributed by atoms with Crippen molar-refractivity contribution in [1.82, 2.24) is 0 Å². The maximum absolute atomic E-state index is 9.08. The second-order valence-corrected chi connectivity index (χ2v) is 4.93. The number of furan rings is 1. The molecule has 100 valence electrons. The van der Waals surface area contributed by atoms with E-state index in [0.717, 1.165) is 11.8 Å². The van der Waals surface area contributed by atoms with E-state index in [9.17, 15) is 0 Å². The second-order valence-electron chi connectivity index (χ2n) is 4.93. The Kier molecular flexibility index (Phi) is 3.77. The summed E-state index contributed by atoms with van der Waals surface area (Å²) in [6.45, 7) is 4.46. The van der Waals surface area contributed by atoms with E-state index < -0.39 is 0 Å². The first kappa shape index (κ1) is 13.4. The van der Waals surface area contributed by atoms with Gasteiger partial charge in [-0.15, -0.1) is 0 Å². The van der Waals surface area contributed by atoms with Gasteiger partial charge in [0.15, 0.2) is 5.75 Å². The van der Waals surface area contributed by atoms with Crippen LogP contribution in [-0.2, 0) is 4.74 Å². The van der Waals surface area contributed by atoms with Crippen LogP contribution in [0.5, 0.6) is 5.75 Å². The summed E-state index contributed by atoms with van der Waals surface area (Å²) in [5.74, 6) is 0.737. The number of nitrogens with zero attached hydrogens (tertiary/aromatic N) is 1. The lowest BCUT2D eigenvalue weighted by atomic mass is 10.1. The van der Waals surface area contributed by atoms with Crippen LogP contribution in [0.2, 0.25) is 0 Å². The van der Waals surface area contributed by atoms with Crippen LogP contribution in [0.4, 0.5) is 0 Å². The summed E-state index contributed by atoms with van der Waals surface area (Å²) in [5, 5.41) is 9.90. The molecule has 0 amide bonds. The molecule has 0 aliphatic rings. The molecule has 4 nitrogen and oxygen atoms in total. The predicted molar refractivity (Wildman–Crippen MR) is 72.1 cm³/mol. The first-order valence-electron chi connectivity index (χ1n) is 6.17. The van der Waals surface area contributed by atoms with Crippen LogP contribution in [0, 0.1) is 11.3 Å². The monoisotopic (exact) mass is 259 g/mol. The number of fused-ring (bicyclic) bond motifs is 1. The van der Waals surface area contributed by atoms with Crippen LogP contribution < -0.4 is 4.74 Å². The third-order valence-corrected chi connectivity index (χ3v) is 3.15. The summed E-state index contributed by atoms with van der Waals surface area (Å²) in [7, 11) is 1.67. The third kappa shape index (κ3) is 2.88. The molecule has 1 heterocycles. The van der Waals surface area contributed by atoms with Gasteiger partial charge < -0.3 is 13.9 Å². The highest BCUT2D eigenvalue weighted by Crippen LogP contribution is 2.32. The van der Waals surface area contributed by atoms with Gasteiger partial charge in [-0.2, -0.15) is 5.26 Å². The highest BCUT2D eigenvalue weighted by Gasteiger charge is 2.19. The number of methoxy groups -OCH3 is 1. The van der Waals surface area contributed by atoms with Crippen molar-refractivity contribution in [3.63, 3.8) is 0 Å². The number of nitriles is 1. The molecule has 2 rings (SSSR count). The van der Waals surface area contributed by atoms with E-state index in [4.69, 9.17) is 19.2 Å². The normalized spacial score (nSPS) is 11.5.